The fourth-order valence-corrected chi connectivity index (χ4v) is 2.27. The van der Waals surface area contributed by atoms with Gasteiger partial charge in [-0.3, -0.25) is 4.79 Å². The van der Waals surface area contributed by atoms with Gasteiger partial charge in [0.2, 0.25) is 5.91 Å². The highest BCUT2D eigenvalue weighted by Crippen LogP contribution is 2.17. The van der Waals surface area contributed by atoms with Crippen molar-refractivity contribution in [3.63, 3.8) is 0 Å². The van der Waals surface area contributed by atoms with E-state index in [2.05, 4.69) is 34.8 Å². The third-order valence-electron chi connectivity index (χ3n) is 1.73. The van der Waals surface area contributed by atoms with Gasteiger partial charge in [-0.1, -0.05) is 19.1 Å². The molecule has 0 aromatic heterocycles. The Bertz CT molecular complexity index is 330. The number of rotatable bonds is 5. The van der Waals surface area contributed by atoms with Crippen LogP contribution in [0, 0.1) is 3.57 Å². The van der Waals surface area contributed by atoms with Crippen LogP contribution in [-0.4, -0.2) is 17.4 Å². The van der Waals surface area contributed by atoms with Crippen molar-refractivity contribution in [2.45, 2.75) is 13.3 Å². The van der Waals surface area contributed by atoms with Crippen LogP contribution >= 0.6 is 34.4 Å². The summed E-state index contributed by atoms with van der Waals surface area (Å²) < 4.78 is 1.07. The maximum absolute atomic E-state index is 11.5. The van der Waals surface area contributed by atoms with E-state index in [1.54, 1.807) is 11.8 Å². The van der Waals surface area contributed by atoms with Crippen molar-refractivity contribution in [3.05, 3.63) is 27.8 Å². The van der Waals surface area contributed by atoms with Crippen LogP contribution in [0.25, 0.3) is 0 Å². The summed E-state index contributed by atoms with van der Waals surface area (Å²) in [6, 6.07) is 7.79. The molecule has 1 rings (SSSR count). The van der Waals surface area contributed by atoms with Gasteiger partial charge in [0.25, 0.3) is 0 Å². The number of thioether (sulfide) groups is 1. The van der Waals surface area contributed by atoms with Gasteiger partial charge in [-0.25, -0.2) is 0 Å². The molecule has 0 unspecified atom stereocenters. The molecule has 0 aliphatic heterocycles. The smallest absolute Gasteiger partial charge is 0.234 e. The number of carbonyl (C=O) groups is 1. The molecule has 1 amide bonds. The van der Waals surface area contributed by atoms with E-state index in [1.165, 1.54) is 0 Å². The van der Waals surface area contributed by atoms with E-state index in [4.69, 9.17) is 0 Å². The first kappa shape index (κ1) is 12.8. The van der Waals surface area contributed by atoms with Gasteiger partial charge in [0.05, 0.1) is 11.4 Å². The van der Waals surface area contributed by atoms with E-state index in [-0.39, 0.29) is 5.91 Å². The second kappa shape index (κ2) is 7.11. The van der Waals surface area contributed by atoms with E-state index in [0.717, 1.165) is 21.4 Å². The quantitative estimate of drug-likeness (QED) is 0.660. The van der Waals surface area contributed by atoms with Crippen LogP contribution in [-0.2, 0) is 4.79 Å². The molecule has 1 N–H and O–H groups in total. The zero-order chi connectivity index (χ0) is 11.1. The molecule has 1 aromatic carbocycles. The SMILES string of the molecule is CCCSCC(=O)Nc1ccccc1I. The highest BCUT2D eigenvalue weighted by Gasteiger charge is 2.04. The van der Waals surface area contributed by atoms with Crippen molar-refractivity contribution in [2.75, 3.05) is 16.8 Å². The first-order valence-corrected chi connectivity index (χ1v) is 7.09. The number of anilines is 1. The van der Waals surface area contributed by atoms with Gasteiger partial charge in [-0.2, -0.15) is 11.8 Å². The summed E-state index contributed by atoms with van der Waals surface area (Å²) in [6.07, 6.45) is 1.11. The van der Waals surface area contributed by atoms with Crippen molar-refractivity contribution >= 4 is 45.9 Å². The highest BCUT2D eigenvalue weighted by molar-refractivity contribution is 14.1. The molecule has 0 heterocycles. The number of benzene rings is 1. The van der Waals surface area contributed by atoms with Gasteiger partial charge in [0.1, 0.15) is 0 Å². The van der Waals surface area contributed by atoms with Crippen LogP contribution in [0.15, 0.2) is 24.3 Å². The first-order valence-electron chi connectivity index (χ1n) is 4.86. The van der Waals surface area contributed by atoms with Crippen LogP contribution in [0.5, 0.6) is 0 Å². The number of nitrogens with one attached hydrogen (secondary N) is 1. The minimum atomic E-state index is 0.0811. The molecule has 0 spiro atoms. The number of para-hydroxylation sites is 1. The minimum absolute atomic E-state index is 0.0811. The molecule has 1 aromatic rings. The Morgan fingerprint density at radius 3 is 2.87 bits per heavy atom. The lowest BCUT2D eigenvalue weighted by atomic mass is 10.3. The van der Waals surface area contributed by atoms with Crippen molar-refractivity contribution in [3.8, 4) is 0 Å². The highest BCUT2D eigenvalue weighted by atomic mass is 127. The van der Waals surface area contributed by atoms with E-state index in [0.29, 0.717) is 5.75 Å². The number of halogens is 1. The summed E-state index contributed by atoms with van der Waals surface area (Å²) in [7, 11) is 0. The molecule has 0 bridgehead atoms. The average molecular weight is 335 g/mol. The first-order chi connectivity index (χ1) is 7.24. The molecular weight excluding hydrogens is 321 g/mol. The average Bonchev–Trinajstić information content (AvgIpc) is 2.22. The molecule has 0 saturated heterocycles. The number of amides is 1. The molecule has 15 heavy (non-hydrogen) atoms. The fraction of sp³-hybridized carbons (Fsp3) is 0.364. The van der Waals surface area contributed by atoms with Crippen LogP contribution in [0.3, 0.4) is 0 Å². The number of carbonyl (C=O) groups excluding carboxylic acids is 1. The zero-order valence-corrected chi connectivity index (χ0v) is 11.6. The molecule has 0 atom stereocenters. The van der Waals surface area contributed by atoms with Crippen molar-refractivity contribution in [1.82, 2.24) is 0 Å². The summed E-state index contributed by atoms with van der Waals surface area (Å²) in [5, 5.41) is 2.90. The summed E-state index contributed by atoms with van der Waals surface area (Å²) in [5.74, 6) is 1.66. The summed E-state index contributed by atoms with van der Waals surface area (Å²) in [6.45, 7) is 2.12. The Morgan fingerprint density at radius 1 is 1.47 bits per heavy atom. The van der Waals surface area contributed by atoms with Crippen molar-refractivity contribution in [1.29, 1.82) is 0 Å². The van der Waals surface area contributed by atoms with Gasteiger partial charge >= 0.3 is 0 Å². The van der Waals surface area contributed by atoms with E-state index >= 15 is 0 Å². The minimum Gasteiger partial charge on any atom is -0.324 e. The van der Waals surface area contributed by atoms with E-state index in [1.807, 2.05) is 24.3 Å². The molecule has 0 fully saturated rings. The summed E-state index contributed by atoms with van der Waals surface area (Å²) >= 11 is 3.89. The molecule has 0 aliphatic carbocycles. The Labute approximate surface area is 108 Å². The standard InChI is InChI=1S/C11H14INOS/c1-2-7-15-8-11(14)13-10-6-4-3-5-9(10)12/h3-6H,2,7-8H2,1H3,(H,13,14). The monoisotopic (exact) mass is 335 g/mol. The van der Waals surface area contributed by atoms with Gasteiger partial charge < -0.3 is 5.32 Å². The van der Waals surface area contributed by atoms with Gasteiger partial charge in [0.15, 0.2) is 0 Å². The second-order valence-corrected chi connectivity index (χ2v) is 5.35. The largest absolute Gasteiger partial charge is 0.324 e. The van der Waals surface area contributed by atoms with Crippen LogP contribution < -0.4 is 5.32 Å². The molecular formula is C11H14INOS. The third-order valence-corrected chi connectivity index (χ3v) is 3.83. The number of hydrogen-bond donors (Lipinski definition) is 1. The molecule has 4 heteroatoms. The Kier molecular flexibility index (Phi) is 6.09. The topological polar surface area (TPSA) is 29.1 Å². The third kappa shape index (κ3) is 4.88. The maximum atomic E-state index is 11.5. The lowest BCUT2D eigenvalue weighted by Gasteiger charge is -2.06. The van der Waals surface area contributed by atoms with E-state index < -0.39 is 0 Å². The maximum Gasteiger partial charge on any atom is 0.234 e. The van der Waals surface area contributed by atoms with Crippen LogP contribution in [0.2, 0.25) is 0 Å². The summed E-state index contributed by atoms with van der Waals surface area (Å²) in [4.78, 5) is 11.5. The van der Waals surface area contributed by atoms with Gasteiger partial charge in [-0.15, -0.1) is 0 Å². The van der Waals surface area contributed by atoms with Crippen LogP contribution in [0.1, 0.15) is 13.3 Å². The lowest BCUT2D eigenvalue weighted by Crippen LogP contribution is -2.15. The predicted molar refractivity (Wildman–Crippen MR) is 75.4 cm³/mol. The second-order valence-electron chi connectivity index (χ2n) is 3.08. The molecule has 0 radical (unpaired) electrons. The molecule has 0 aliphatic rings. The van der Waals surface area contributed by atoms with E-state index in [9.17, 15) is 4.79 Å². The Morgan fingerprint density at radius 2 is 2.20 bits per heavy atom. The molecule has 82 valence electrons. The fourth-order valence-electron chi connectivity index (χ4n) is 1.06. The Balaban J connectivity index is 2.41. The van der Waals surface area contributed by atoms with Gasteiger partial charge in [0, 0.05) is 3.57 Å². The van der Waals surface area contributed by atoms with Crippen LogP contribution in [0.4, 0.5) is 5.69 Å². The molecule has 0 saturated carbocycles. The normalized spacial score (nSPS) is 10.0. The van der Waals surface area contributed by atoms with Gasteiger partial charge in [-0.05, 0) is 46.9 Å². The summed E-state index contributed by atoms with van der Waals surface area (Å²) in [5.41, 5.74) is 0.903. The molecule has 2 nitrogen and oxygen atoms in total. The number of hydrogen-bond acceptors (Lipinski definition) is 2. The van der Waals surface area contributed by atoms with Crippen molar-refractivity contribution < 1.29 is 4.79 Å². The predicted octanol–water partition coefficient (Wildman–Crippen LogP) is 3.37. The van der Waals surface area contributed by atoms with Crippen molar-refractivity contribution in [2.24, 2.45) is 0 Å². The zero-order valence-electron chi connectivity index (χ0n) is 8.63. The lowest BCUT2D eigenvalue weighted by molar-refractivity contribution is -0.113. The Hall–Kier alpha value is -0.230.